The first-order valence-electron chi connectivity index (χ1n) is 10.6. The molecule has 162 valence electrons. The third kappa shape index (κ3) is 4.98. The van der Waals surface area contributed by atoms with Gasteiger partial charge in [-0.15, -0.1) is 5.10 Å². The zero-order chi connectivity index (χ0) is 21.5. The maximum Gasteiger partial charge on any atom is 0.338 e. The number of carbonyl (C=O) groups is 1. The van der Waals surface area contributed by atoms with Crippen LogP contribution in [0.2, 0.25) is 0 Å². The molecule has 1 unspecified atom stereocenters. The van der Waals surface area contributed by atoms with E-state index in [1.807, 2.05) is 38.1 Å². The fourth-order valence-electron chi connectivity index (χ4n) is 3.25. The Morgan fingerprint density at radius 1 is 1.20 bits per heavy atom. The van der Waals surface area contributed by atoms with Gasteiger partial charge in [-0.3, -0.25) is 0 Å². The summed E-state index contributed by atoms with van der Waals surface area (Å²) < 4.78 is 12.8. The Balaban J connectivity index is 1.97. The Morgan fingerprint density at radius 2 is 1.97 bits per heavy atom. The highest BCUT2D eigenvalue weighted by molar-refractivity contribution is 7.99. The summed E-state index contributed by atoms with van der Waals surface area (Å²) in [6.07, 6.45) is 3.18. The quantitative estimate of drug-likeness (QED) is 0.329. The molecule has 1 aliphatic rings. The summed E-state index contributed by atoms with van der Waals surface area (Å²) in [5.74, 6) is 2.06. The van der Waals surface area contributed by atoms with Crippen LogP contribution in [0.4, 0.5) is 5.95 Å². The van der Waals surface area contributed by atoms with E-state index in [-0.39, 0.29) is 5.97 Å². The number of thioether (sulfide) groups is 1. The standard InChI is InChI=1S/C22H30N4O3S/c1-5-8-14-30-22-24-21-23-15(4)18(20(27)28-7-3)19(26(21)25-22)16-9-11-17(12-10-16)29-13-6-2/h9-12,19H,5-8,13-14H2,1-4H3,(H,23,24,25). The van der Waals surface area contributed by atoms with Crippen molar-refractivity contribution in [1.82, 2.24) is 14.8 Å². The van der Waals surface area contributed by atoms with Gasteiger partial charge in [0.05, 0.1) is 18.8 Å². The van der Waals surface area contributed by atoms with Crippen molar-refractivity contribution in [3.63, 3.8) is 0 Å². The molecule has 1 N–H and O–H groups in total. The zero-order valence-electron chi connectivity index (χ0n) is 18.1. The lowest BCUT2D eigenvalue weighted by Gasteiger charge is -2.28. The number of unbranched alkanes of at least 4 members (excludes halogenated alkanes) is 1. The van der Waals surface area contributed by atoms with Crippen LogP contribution in [0.25, 0.3) is 0 Å². The molecule has 0 amide bonds. The van der Waals surface area contributed by atoms with Crippen molar-refractivity contribution in [3.05, 3.63) is 41.1 Å². The van der Waals surface area contributed by atoms with E-state index in [9.17, 15) is 4.79 Å². The van der Waals surface area contributed by atoms with Gasteiger partial charge >= 0.3 is 5.97 Å². The average Bonchev–Trinajstić information content (AvgIpc) is 3.14. The van der Waals surface area contributed by atoms with Gasteiger partial charge in [0.25, 0.3) is 0 Å². The SMILES string of the molecule is CCCCSc1nc2n(n1)C(c1ccc(OCCC)cc1)C(C(=O)OCC)=C(C)N2. The molecule has 2 aromatic rings. The van der Waals surface area contributed by atoms with Crippen molar-refractivity contribution in [2.45, 2.75) is 58.2 Å². The third-order valence-electron chi connectivity index (χ3n) is 4.73. The molecular weight excluding hydrogens is 400 g/mol. The highest BCUT2D eigenvalue weighted by Gasteiger charge is 2.35. The molecule has 0 bridgehead atoms. The van der Waals surface area contributed by atoms with Crippen LogP contribution in [0, 0.1) is 0 Å². The van der Waals surface area contributed by atoms with Gasteiger partial charge < -0.3 is 14.8 Å². The molecular formula is C22H30N4O3S. The summed E-state index contributed by atoms with van der Waals surface area (Å²) >= 11 is 1.63. The summed E-state index contributed by atoms with van der Waals surface area (Å²) in [6, 6.07) is 7.40. The average molecular weight is 431 g/mol. The number of esters is 1. The fourth-order valence-corrected chi connectivity index (χ4v) is 4.16. The molecule has 0 spiro atoms. The second-order valence-corrected chi connectivity index (χ2v) is 8.13. The van der Waals surface area contributed by atoms with Crippen LogP contribution in [0.3, 0.4) is 0 Å². The number of benzene rings is 1. The minimum Gasteiger partial charge on any atom is -0.494 e. The minimum atomic E-state index is -0.409. The number of carbonyl (C=O) groups excluding carboxylic acids is 1. The summed E-state index contributed by atoms with van der Waals surface area (Å²) in [7, 11) is 0. The maximum atomic E-state index is 12.8. The molecule has 8 heteroatoms. The zero-order valence-corrected chi connectivity index (χ0v) is 18.9. The minimum absolute atomic E-state index is 0.314. The van der Waals surface area contributed by atoms with Gasteiger partial charge in [-0.2, -0.15) is 4.98 Å². The van der Waals surface area contributed by atoms with Crippen LogP contribution < -0.4 is 10.1 Å². The number of hydrogen-bond donors (Lipinski definition) is 1. The molecule has 1 aliphatic heterocycles. The van der Waals surface area contributed by atoms with Gasteiger partial charge in [-0.25, -0.2) is 9.48 Å². The Bertz CT molecular complexity index is 892. The number of anilines is 1. The normalized spacial score (nSPS) is 15.5. The maximum absolute atomic E-state index is 12.8. The topological polar surface area (TPSA) is 78.3 Å². The first kappa shape index (κ1) is 22.2. The molecule has 2 heterocycles. The number of hydrogen-bond acceptors (Lipinski definition) is 7. The molecule has 0 fully saturated rings. The molecule has 1 aromatic heterocycles. The number of nitrogens with zero attached hydrogens (tertiary/aromatic N) is 3. The lowest BCUT2D eigenvalue weighted by Crippen LogP contribution is -2.29. The van der Waals surface area contributed by atoms with Crippen LogP contribution in [0.15, 0.2) is 40.7 Å². The van der Waals surface area contributed by atoms with Gasteiger partial charge in [-0.1, -0.05) is 44.2 Å². The lowest BCUT2D eigenvalue weighted by molar-refractivity contribution is -0.139. The van der Waals surface area contributed by atoms with Crippen LogP contribution in [0.5, 0.6) is 5.75 Å². The van der Waals surface area contributed by atoms with Crippen molar-refractivity contribution < 1.29 is 14.3 Å². The second-order valence-electron chi connectivity index (χ2n) is 7.07. The molecule has 7 nitrogen and oxygen atoms in total. The molecule has 1 aromatic carbocycles. The van der Waals surface area contributed by atoms with Crippen molar-refractivity contribution >= 4 is 23.7 Å². The summed E-state index contributed by atoms with van der Waals surface area (Å²) in [5.41, 5.74) is 2.20. The van der Waals surface area contributed by atoms with E-state index in [0.717, 1.165) is 42.0 Å². The number of rotatable bonds is 10. The van der Waals surface area contributed by atoms with Gasteiger partial charge in [0.15, 0.2) is 0 Å². The van der Waals surface area contributed by atoms with E-state index in [1.54, 1.807) is 16.4 Å². The third-order valence-corrected chi connectivity index (χ3v) is 5.65. The van der Waals surface area contributed by atoms with Gasteiger partial charge in [-0.05, 0) is 44.4 Å². The highest BCUT2D eigenvalue weighted by Crippen LogP contribution is 2.37. The van der Waals surface area contributed by atoms with Crippen LogP contribution >= 0.6 is 11.8 Å². The first-order chi connectivity index (χ1) is 14.6. The van der Waals surface area contributed by atoms with Crippen molar-refractivity contribution in [2.24, 2.45) is 0 Å². The molecule has 0 aliphatic carbocycles. The molecule has 0 saturated carbocycles. The first-order valence-corrected chi connectivity index (χ1v) is 11.5. The van der Waals surface area contributed by atoms with Crippen LogP contribution in [-0.4, -0.2) is 39.7 Å². The van der Waals surface area contributed by atoms with Crippen LogP contribution in [0.1, 0.15) is 58.6 Å². The van der Waals surface area contributed by atoms with E-state index in [4.69, 9.17) is 14.6 Å². The molecule has 1 atom stereocenters. The van der Waals surface area contributed by atoms with Crippen molar-refractivity contribution in [3.8, 4) is 5.75 Å². The smallest absolute Gasteiger partial charge is 0.338 e. The summed E-state index contributed by atoms with van der Waals surface area (Å²) in [6.45, 7) is 8.91. The van der Waals surface area contributed by atoms with Gasteiger partial charge in [0, 0.05) is 11.4 Å². The number of fused-ring (bicyclic) bond motifs is 1. The second kappa shape index (κ2) is 10.5. The number of nitrogens with one attached hydrogen (secondary N) is 1. The molecule has 30 heavy (non-hydrogen) atoms. The monoisotopic (exact) mass is 430 g/mol. The molecule has 3 rings (SSSR count). The predicted molar refractivity (Wildman–Crippen MR) is 119 cm³/mol. The van der Waals surface area contributed by atoms with E-state index in [0.29, 0.717) is 29.9 Å². The lowest BCUT2D eigenvalue weighted by atomic mass is 9.96. The Labute approximate surface area is 182 Å². The fraction of sp³-hybridized carbons (Fsp3) is 0.500. The summed E-state index contributed by atoms with van der Waals surface area (Å²) in [5, 5.41) is 8.65. The van der Waals surface area contributed by atoms with E-state index < -0.39 is 6.04 Å². The number of aromatic nitrogens is 3. The number of allylic oxidation sites excluding steroid dienone is 1. The largest absolute Gasteiger partial charge is 0.494 e. The van der Waals surface area contributed by atoms with Gasteiger partial charge in [0.2, 0.25) is 11.1 Å². The summed E-state index contributed by atoms with van der Waals surface area (Å²) in [4.78, 5) is 17.5. The van der Waals surface area contributed by atoms with E-state index in [1.165, 1.54) is 0 Å². The Hall–Kier alpha value is -2.48. The molecule has 0 saturated heterocycles. The van der Waals surface area contributed by atoms with Crippen LogP contribution in [-0.2, 0) is 9.53 Å². The van der Waals surface area contributed by atoms with E-state index in [2.05, 4.69) is 24.1 Å². The Kier molecular flexibility index (Phi) is 7.79. The van der Waals surface area contributed by atoms with E-state index >= 15 is 0 Å². The van der Waals surface area contributed by atoms with Gasteiger partial charge in [0.1, 0.15) is 11.8 Å². The predicted octanol–water partition coefficient (Wildman–Crippen LogP) is 4.81. The number of ether oxygens (including phenoxy) is 2. The molecule has 0 radical (unpaired) electrons. The van der Waals surface area contributed by atoms with Crippen molar-refractivity contribution in [2.75, 3.05) is 24.3 Å². The Morgan fingerprint density at radius 3 is 2.63 bits per heavy atom. The highest BCUT2D eigenvalue weighted by atomic mass is 32.2. The van der Waals surface area contributed by atoms with Crippen molar-refractivity contribution in [1.29, 1.82) is 0 Å².